The van der Waals surface area contributed by atoms with Gasteiger partial charge in [0.1, 0.15) is 0 Å². The van der Waals surface area contributed by atoms with Crippen LogP contribution in [0.3, 0.4) is 0 Å². The Hall–Kier alpha value is -1.15. The third kappa shape index (κ3) is 4.17. The maximum Gasteiger partial charge on any atom is 0.322 e. The Morgan fingerprint density at radius 1 is 1.20 bits per heavy atom. The number of nitrogens with zero attached hydrogens (tertiary/aromatic N) is 4. The molecule has 9 heteroatoms. The molecule has 1 aromatic heterocycles. The molecule has 0 amide bonds. The summed E-state index contributed by atoms with van der Waals surface area (Å²) >= 11 is 5.86. The van der Waals surface area contributed by atoms with Gasteiger partial charge in [-0.1, -0.05) is 0 Å². The number of hydrogen-bond donors (Lipinski definition) is 0. The lowest BCUT2D eigenvalue weighted by Crippen LogP contribution is -2.29. The number of hydrogen-bond acceptors (Lipinski definition) is 7. The van der Waals surface area contributed by atoms with Crippen LogP contribution in [0.5, 0.6) is 6.01 Å². The highest BCUT2D eigenvalue weighted by molar-refractivity contribution is 7.91. The number of aromatic nitrogens is 3. The van der Waals surface area contributed by atoms with E-state index in [2.05, 4.69) is 15.0 Å². The summed E-state index contributed by atoms with van der Waals surface area (Å²) in [6.07, 6.45) is 0.470. The average Bonchev–Trinajstić information content (AvgIpc) is 2.48. The van der Waals surface area contributed by atoms with Crippen LogP contribution in [0.15, 0.2) is 0 Å². The smallest absolute Gasteiger partial charge is 0.322 e. The Morgan fingerprint density at radius 2 is 1.95 bits per heavy atom. The summed E-state index contributed by atoms with van der Waals surface area (Å²) in [5.74, 6) is 0.645. The Bertz CT molecular complexity index is 579. The molecule has 0 atom stereocenters. The molecule has 0 bridgehead atoms. The fourth-order valence-corrected chi connectivity index (χ4v) is 3.28. The first kappa shape index (κ1) is 15.2. The first-order valence-electron chi connectivity index (χ1n) is 6.39. The van der Waals surface area contributed by atoms with Crippen molar-refractivity contribution in [3.63, 3.8) is 0 Å². The lowest BCUT2D eigenvalue weighted by molar-refractivity contribution is 0.221. The summed E-state index contributed by atoms with van der Waals surface area (Å²) in [6.45, 7) is 4.64. The zero-order valence-electron chi connectivity index (χ0n) is 11.4. The summed E-state index contributed by atoms with van der Waals surface area (Å²) in [5.41, 5.74) is 0. The standard InChI is InChI=1S/C11H17ClN4O3S/c1-8(2)19-11-14-9(12)13-10(15-11)16-4-3-6-20(17,18)7-5-16/h8H,3-7H2,1-2H3. The molecule has 7 nitrogen and oxygen atoms in total. The molecule has 0 radical (unpaired) electrons. The minimum absolute atomic E-state index is 0.0396. The van der Waals surface area contributed by atoms with Crippen LogP contribution in [-0.4, -0.2) is 54.1 Å². The van der Waals surface area contributed by atoms with Gasteiger partial charge in [-0.2, -0.15) is 15.0 Å². The van der Waals surface area contributed by atoms with Crippen molar-refractivity contribution in [3.8, 4) is 6.01 Å². The molecule has 1 aliphatic heterocycles. The van der Waals surface area contributed by atoms with Crippen molar-refractivity contribution in [3.05, 3.63) is 5.28 Å². The molecular formula is C11H17ClN4O3S. The molecule has 112 valence electrons. The first-order valence-corrected chi connectivity index (χ1v) is 8.59. The van der Waals surface area contributed by atoms with Gasteiger partial charge in [-0.15, -0.1) is 0 Å². The van der Waals surface area contributed by atoms with E-state index in [0.29, 0.717) is 25.5 Å². The van der Waals surface area contributed by atoms with Crippen molar-refractivity contribution in [2.24, 2.45) is 0 Å². The molecule has 0 aromatic carbocycles. The van der Waals surface area contributed by atoms with Crippen molar-refractivity contribution < 1.29 is 13.2 Å². The van der Waals surface area contributed by atoms with Crippen LogP contribution >= 0.6 is 11.6 Å². The predicted molar refractivity (Wildman–Crippen MR) is 76.1 cm³/mol. The quantitative estimate of drug-likeness (QED) is 0.819. The highest BCUT2D eigenvalue weighted by Gasteiger charge is 2.22. The van der Waals surface area contributed by atoms with Crippen LogP contribution < -0.4 is 9.64 Å². The topological polar surface area (TPSA) is 85.3 Å². The van der Waals surface area contributed by atoms with Crippen LogP contribution in [0.4, 0.5) is 5.95 Å². The van der Waals surface area contributed by atoms with Gasteiger partial charge in [-0.3, -0.25) is 0 Å². The molecule has 0 N–H and O–H groups in total. The predicted octanol–water partition coefficient (Wildman–Crippen LogP) is 0.937. The molecule has 0 aliphatic carbocycles. The van der Waals surface area contributed by atoms with Gasteiger partial charge in [0.2, 0.25) is 11.2 Å². The molecule has 0 spiro atoms. The molecule has 20 heavy (non-hydrogen) atoms. The largest absolute Gasteiger partial charge is 0.461 e. The highest BCUT2D eigenvalue weighted by atomic mass is 35.5. The third-order valence-electron chi connectivity index (χ3n) is 2.76. The molecule has 0 unspecified atom stereocenters. The Balaban J connectivity index is 2.21. The fraction of sp³-hybridized carbons (Fsp3) is 0.727. The van der Waals surface area contributed by atoms with Gasteiger partial charge < -0.3 is 9.64 Å². The second-order valence-corrected chi connectivity index (χ2v) is 7.49. The van der Waals surface area contributed by atoms with E-state index in [0.717, 1.165) is 0 Å². The molecule has 2 rings (SSSR count). The van der Waals surface area contributed by atoms with Gasteiger partial charge in [-0.25, -0.2) is 8.42 Å². The molecule has 1 aromatic rings. The molecule has 1 saturated heterocycles. The molecule has 0 saturated carbocycles. The van der Waals surface area contributed by atoms with Gasteiger partial charge in [0.15, 0.2) is 9.84 Å². The minimum atomic E-state index is -2.98. The fourth-order valence-electron chi connectivity index (χ4n) is 1.87. The summed E-state index contributed by atoms with van der Waals surface area (Å²) in [7, 11) is -2.98. The van der Waals surface area contributed by atoms with Crippen molar-refractivity contribution in [1.82, 2.24) is 15.0 Å². The Kier molecular flexibility index (Phi) is 4.64. The van der Waals surface area contributed by atoms with Crippen molar-refractivity contribution in [1.29, 1.82) is 0 Å². The SMILES string of the molecule is CC(C)Oc1nc(Cl)nc(N2CCCS(=O)(=O)CC2)n1. The molecule has 1 aliphatic rings. The van der Waals surface area contributed by atoms with Gasteiger partial charge in [-0.05, 0) is 31.9 Å². The van der Waals surface area contributed by atoms with Gasteiger partial charge in [0.25, 0.3) is 0 Å². The van der Waals surface area contributed by atoms with E-state index >= 15 is 0 Å². The number of anilines is 1. The van der Waals surface area contributed by atoms with E-state index in [1.807, 2.05) is 13.8 Å². The molecule has 2 heterocycles. The zero-order chi connectivity index (χ0) is 14.8. The second-order valence-electron chi connectivity index (χ2n) is 4.85. The van der Waals surface area contributed by atoms with E-state index in [1.165, 1.54) is 0 Å². The van der Waals surface area contributed by atoms with E-state index in [-0.39, 0.29) is 28.9 Å². The van der Waals surface area contributed by atoms with E-state index in [4.69, 9.17) is 16.3 Å². The lowest BCUT2D eigenvalue weighted by Gasteiger charge is -2.20. The first-order chi connectivity index (χ1) is 9.35. The van der Waals surface area contributed by atoms with E-state index < -0.39 is 9.84 Å². The average molecular weight is 321 g/mol. The van der Waals surface area contributed by atoms with Gasteiger partial charge in [0, 0.05) is 13.1 Å². The van der Waals surface area contributed by atoms with E-state index in [1.54, 1.807) is 4.90 Å². The van der Waals surface area contributed by atoms with Crippen molar-refractivity contribution in [2.75, 3.05) is 29.5 Å². The lowest BCUT2D eigenvalue weighted by atomic mass is 10.4. The van der Waals surface area contributed by atoms with Crippen LogP contribution in [-0.2, 0) is 9.84 Å². The second kappa shape index (κ2) is 6.09. The maximum atomic E-state index is 11.6. The van der Waals surface area contributed by atoms with Crippen LogP contribution in [0, 0.1) is 0 Å². The number of ether oxygens (including phenoxy) is 1. The minimum Gasteiger partial charge on any atom is -0.461 e. The zero-order valence-corrected chi connectivity index (χ0v) is 13.0. The van der Waals surface area contributed by atoms with Gasteiger partial charge >= 0.3 is 6.01 Å². The number of sulfone groups is 1. The van der Waals surface area contributed by atoms with Crippen molar-refractivity contribution in [2.45, 2.75) is 26.4 Å². The van der Waals surface area contributed by atoms with E-state index in [9.17, 15) is 8.42 Å². The molecular weight excluding hydrogens is 304 g/mol. The summed E-state index contributed by atoms with van der Waals surface area (Å²) in [5, 5.41) is 0.0396. The highest BCUT2D eigenvalue weighted by Crippen LogP contribution is 2.18. The van der Waals surface area contributed by atoms with Crippen LogP contribution in [0.2, 0.25) is 5.28 Å². The van der Waals surface area contributed by atoms with Gasteiger partial charge in [0.05, 0.1) is 17.6 Å². The normalized spacial score (nSPS) is 18.9. The molecule has 1 fully saturated rings. The maximum absolute atomic E-state index is 11.6. The van der Waals surface area contributed by atoms with Crippen LogP contribution in [0.25, 0.3) is 0 Å². The number of rotatable bonds is 3. The summed E-state index contributed by atoms with van der Waals surface area (Å²) in [4.78, 5) is 13.9. The number of halogens is 1. The Morgan fingerprint density at radius 3 is 2.65 bits per heavy atom. The van der Waals surface area contributed by atoms with Crippen LogP contribution in [0.1, 0.15) is 20.3 Å². The summed E-state index contributed by atoms with van der Waals surface area (Å²) < 4.78 is 28.6. The monoisotopic (exact) mass is 320 g/mol. The Labute approximate surface area is 123 Å². The third-order valence-corrected chi connectivity index (χ3v) is 4.64. The summed E-state index contributed by atoms with van der Waals surface area (Å²) in [6, 6.07) is 0.155. The van der Waals surface area contributed by atoms with Crippen molar-refractivity contribution >= 4 is 27.4 Å².